The van der Waals surface area contributed by atoms with Crippen LogP contribution >= 0.6 is 0 Å². The monoisotopic (exact) mass is 231 g/mol. The molecule has 0 N–H and O–H groups in total. The predicted octanol–water partition coefficient (Wildman–Crippen LogP) is 2.88. The van der Waals surface area contributed by atoms with Crippen LogP contribution in [0.25, 0.3) is 0 Å². The number of hydrogen-bond donors (Lipinski definition) is 0. The molecule has 0 aromatic heterocycles. The molecule has 1 unspecified atom stereocenters. The standard InChI is InChI=1S/C15H21NO/c1-16(11-13-7-3-2-4-8-13)15(12-17)14-9-5-6-10-14/h2-4,7-8,12,14-15H,5-6,9-11H2,1H3. The molecule has 2 rings (SSSR count). The SMILES string of the molecule is CN(Cc1ccccc1)C(C=O)C1CCCC1. The Labute approximate surface area is 104 Å². The third kappa shape index (κ3) is 3.16. The Bertz CT molecular complexity index is 343. The van der Waals surface area contributed by atoms with Gasteiger partial charge in [0.25, 0.3) is 0 Å². The van der Waals surface area contributed by atoms with E-state index in [1.165, 1.54) is 31.2 Å². The number of rotatable bonds is 5. The van der Waals surface area contributed by atoms with Crippen molar-refractivity contribution in [2.75, 3.05) is 7.05 Å². The maximum Gasteiger partial charge on any atom is 0.137 e. The highest BCUT2D eigenvalue weighted by atomic mass is 16.1. The normalized spacial score (nSPS) is 18.5. The van der Waals surface area contributed by atoms with E-state index in [0.717, 1.165) is 12.8 Å². The lowest BCUT2D eigenvalue weighted by atomic mass is 9.98. The fourth-order valence-corrected chi connectivity index (χ4v) is 2.85. The lowest BCUT2D eigenvalue weighted by Gasteiger charge is -2.28. The smallest absolute Gasteiger partial charge is 0.137 e. The number of likely N-dealkylation sites (N-methyl/N-ethyl adjacent to an activating group) is 1. The minimum absolute atomic E-state index is 0.0951. The van der Waals surface area contributed by atoms with Crippen molar-refractivity contribution in [1.82, 2.24) is 4.90 Å². The van der Waals surface area contributed by atoms with Crippen LogP contribution < -0.4 is 0 Å². The van der Waals surface area contributed by atoms with E-state index in [2.05, 4.69) is 36.2 Å². The Balaban J connectivity index is 1.97. The van der Waals surface area contributed by atoms with Gasteiger partial charge in [0, 0.05) is 6.54 Å². The first-order chi connectivity index (χ1) is 8.31. The van der Waals surface area contributed by atoms with Crippen molar-refractivity contribution < 1.29 is 4.79 Å². The van der Waals surface area contributed by atoms with Crippen LogP contribution in [-0.2, 0) is 11.3 Å². The molecular formula is C15H21NO. The molecule has 1 aromatic rings. The van der Waals surface area contributed by atoms with Crippen LogP contribution in [0.15, 0.2) is 30.3 Å². The summed E-state index contributed by atoms with van der Waals surface area (Å²) in [6.45, 7) is 0.862. The molecule has 0 heterocycles. The average Bonchev–Trinajstić information content (AvgIpc) is 2.85. The maximum absolute atomic E-state index is 11.3. The molecule has 2 heteroatoms. The summed E-state index contributed by atoms with van der Waals surface area (Å²) in [6, 6.07) is 10.5. The second kappa shape index (κ2) is 5.97. The van der Waals surface area contributed by atoms with Crippen molar-refractivity contribution in [3.8, 4) is 0 Å². The first-order valence-corrected chi connectivity index (χ1v) is 6.50. The fourth-order valence-electron chi connectivity index (χ4n) is 2.85. The van der Waals surface area contributed by atoms with Gasteiger partial charge in [0.2, 0.25) is 0 Å². The Morgan fingerprint density at radius 1 is 1.29 bits per heavy atom. The van der Waals surface area contributed by atoms with Crippen molar-refractivity contribution in [2.45, 2.75) is 38.3 Å². The minimum atomic E-state index is 0.0951. The molecule has 0 spiro atoms. The molecule has 1 fully saturated rings. The van der Waals surface area contributed by atoms with E-state index in [0.29, 0.717) is 5.92 Å². The summed E-state index contributed by atoms with van der Waals surface area (Å²) in [6.07, 6.45) is 6.13. The quantitative estimate of drug-likeness (QED) is 0.726. The van der Waals surface area contributed by atoms with Crippen LogP contribution in [0.3, 0.4) is 0 Å². The molecule has 1 aliphatic rings. The van der Waals surface area contributed by atoms with Crippen molar-refractivity contribution in [3.63, 3.8) is 0 Å². The largest absolute Gasteiger partial charge is 0.302 e. The number of benzene rings is 1. The molecule has 0 saturated heterocycles. The summed E-state index contributed by atoms with van der Waals surface area (Å²) in [7, 11) is 2.06. The van der Waals surface area contributed by atoms with Gasteiger partial charge in [-0.2, -0.15) is 0 Å². The van der Waals surface area contributed by atoms with Crippen molar-refractivity contribution in [1.29, 1.82) is 0 Å². The van der Waals surface area contributed by atoms with Gasteiger partial charge >= 0.3 is 0 Å². The molecule has 17 heavy (non-hydrogen) atoms. The summed E-state index contributed by atoms with van der Waals surface area (Å²) >= 11 is 0. The molecule has 2 nitrogen and oxygen atoms in total. The third-order valence-electron chi connectivity index (χ3n) is 3.81. The molecule has 1 atom stereocenters. The highest BCUT2D eigenvalue weighted by Crippen LogP contribution is 2.29. The van der Waals surface area contributed by atoms with Gasteiger partial charge in [0.1, 0.15) is 6.29 Å². The topological polar surface area (TPSA) is 20.3 Å². The van der Waals surface area contributed by atoms with Gasteiger partial charge in [-0.25, -0.2) is 0 Å². The van der Waals surface area contributed by atoms with Crippen LogP contribution in [0.4, 0.5) is 0 Å². The van der Waals surface area contributed by atoms with Gasteiger partial charge < -0.3 is 4.79 Å². The Hall–Kier alpha value is -1.15. The summed E-state index contributed by atoms with van der Waals surface area (Å²) in [5, 5.41) is 0. The average molecular weight is 231 g/mol. The Kier molecular flexibility index (Phi) is 4.32. The van der Waals surface area contributed by atoms with Gasteiger partial charge in [0.05, 0.1) is 6.04 Å². The minimum Gasteiger partial charge on any atom is -0.302 e. The van der Waals surface area contributed by atoms with Crippen LogP contribution in [0.2, 0.25) is 0 Å². The van der Waals surface area contributed by atoms with Crippen molar-refractivity contribution >= 4 is 6.29 Å². The predicted molar refractivity (Wildman–Crippen MR) is 69.7 cm³/mol. The molecule has 1 saturated carbocycles. The van der Waals surface area contributed by atoms with Gasteiger partial charge in [0.15, 0.2) is 0 Å². The number of hydrogen-bond acceptors (Lipinski definition) is 2. The zero-order valence-corrected chi connectivity index (χ0v) is 10.5. The summed E-state index contributed by atoms with van der Waals surface area (Å²) in [4.78, 5) is 13.5. The number of carbonyl (C=O) groups is 1. The first kappa shape index (κ1) is 12.3. The zero-order valence-electron chi connectivity index (χ0n) is 10.5. The third-order valence-corrected chi connectivity index (χ3v) is 3.81. The van der Waals surface area contributed by atoms with E-state index in [9.17, 15) is 4.79 Å². The van der Waals surface area contributed by atoms with E-state index in [1.807, 2.05) is 6.07 Å². The summed E-state index contributed by atoms with van der Waals surface area (Å²) < 4.78 is 0. The molecule has 0 bridgehead atoms. The number of nitrogens with zero attached hydrogens (tertiary/aromatic N) is 1. The van der Waals surface area contributed by atoms with E-state index in [4.69, 9.17) is 0 Å². The second-order valence-corrected chi connectivity index (χ2v) is 5.07. The van der Waals surface area contributed by atoms with Crippen LogP contribution in [0.1, 0.15) is 31.2 Å². The lowest BCUT2D eigenvalue weighted by molar-refractivity contribution is -0.113. The summed E-state index contributed by atoms with van der Waals surface area (Å²) in [5.74, 6) is 0.571. The fraction of sp³-hybridized carbons (Fsp3) is 0.533. The van der Waals surface area contributed by atoms with Gasteiger partial charge in [-0.05, 0) is 31.4 Å². The van der Waals surface area contributed by atoms with Crippen molar-refractivity contribution in [3.05, 3.63) is 35.9 Å². The van der Waals surface area contributed by atoms with Crippen LogP contribution in [-0.4, -0.2) is 24.3 Å². The second-order valence-electron chi connectivity index (χ2n) is 5.07. The molecule has 1 aliphatic carbocycles. The van der Waals surface area contributed by atoms with Crippen LogP contribution in [0, 0.1) is 5.92 Å². The van der Waals surface area contributed by atoms with E-state index in [-0.39, 0.29) is 6.04 Å². The first-order valence-electron chi connectivity index (χ1n) is 6.50. The summed E-state index contributed by atoms with van der Waals surface area (Å²) in [5.41, 5.74) is 1.28. The molecule has 92 valence electrons. The Morgan fingerprint density at radius 3 is 2.53 bits per heavy atom. The Morgan fingerprint density at radius 2 is 1.94 bits per heavy atom. The molecule has 1 aromatic carbocycles. The molecular weight excluding hydrogens is 210 g/mol. The number of carbonyl (C=O) groups excluding carboxylic acids is 1. The van der Waals surface area contributed by atoms with E-state index < -0.39 is 0 Å². The highest BCUT2D eigenvalue weighted by Gasteiger charge is 2.27. The molecule has 0 amide bonds. The zero-order chi connectivity index (χ0) is 12.1. The lowest BCUT2D eigenvalue weighted by Crippen LogP contribution is -2.37. The van der Waals surface area contributed by atoms with Gasteiger partial charge in [-0.15, -0.1) is 0 Å². The van der Waals surface area contributed by atoms with Gasteiger partial charge in [-0.3, -0.25) is 4.90 Å². The highest BCUT2D eigenvalue weighted by molar-refractivity contribution is 5.58. The molecule has 0 aliphatic heterocycles. The van der Waals surface area contributed by atoms with Crippen LogP contribution in [0.5, 0.6) is 0 Å². The van der Waals surface area contributed by atoms with E-state index >= 15 is 0 Å². The van der Waals surface area contributed by atoms with Gasteiger partial charge in [-0.1, -0.05) is 43.2 Å². The maximum atomic E-state index is 11.3. The van der Waals surface area contributed by atoms with E-state index in [1.54, 1.807) is 0 Å². The number of aldehydes is 1. The van der Waals surface area contributed by atoms with Crippen molar-refractivity contribution in [2.24, 2.45) is 5.92 Å². The molecule has 0 radical (unpaired) electrons.